The highest BCUT2D eigenvalue weighted by molar-refractivity contribution is 6.06. The van der Waals surface area contributed by atoms with Crippen LogP contribution in [-0.2, 0) is 4.84 Å². The van der Waals surface area contributed by atoms with E-state index >= 15 is 0 Å². The zero-order valence-corrected chi connectivity index (χ0v) is 7.66. The molecule has 12 heavy (non-hydrogen) atoms. The number of rotatable bonds is 2. The van der Waals surface area contributed by atoms with Gasteiger partial charge in [-0.15, -0.1) is 0 Å². The van der Waals surface area contributed by atoms with Crippen molar-refractivity contribution < 1.29 is 9.32 Å². The molecule has 0 saturated carbocycles. The molecular weight excluding hydrogens is 156 g/mol. The van der Waals surface area contributed by atoms with Gasteiger partial charge in [-0.05, 0) is 6.92 Å². The summed E-state index contributed by atoms with van der Waals surface area (Å²) in [5, 5.41) is 11.0. The third-order valence-corrected chi connectivity index (χ3v) is 2.29. The Morgan fingerprint density at radius 3 is 2.58 bits per heavy atom. The van der Waals surface area contributed by atoms with E-state index in [1.54, 1.807) is 0 Å². The molecule has 1 atom stereocenters. The molecule has 5 heteroatoms. The Labute approximate surface area is 71.9 Å². The molecule has 0 aromatic carbocycles. The zero-order valence-electron chi connectivity index (χ0n) is 7.66. The Morgan fingerprint density at radius 2 is 2.25 bits per heavy atom. The minimum atomic E-state index is -0.213. The Bertz CT molecular complexity index is 234. The van der Waals surface area contributed by atoms with Gasteiger partial charge in [-0.2, -0.15) is 0 Å². The molecule has 0 amide bonds. The van der Waals surface area contributed by atoms with Gasteiger partial charge in [0.15, 0.2) is 0 Å². The van der Waals surface area contributed by atoms with E-state index in [4.69, 9.17) is 16.0 Å². The maximum Gasteiger partial charge on any atom is 0.284 e. The van der Waals surface area contributed by atoms with Crippen molar-refractivity contribution in [2.75, 3.05) is 20.6 Å². The second kappa shape index (κ2) is 2.75. The molecule has 1 heterocycles. The summed E-state index contributed by atoms with van der Waals surface area (Å²) in [7, 11) is 3.99. The molecular formula is C7H15N4O+. The third kappa shape index (κ3) is 1.27. The van der Waals surface area contributed by atoms with Gasteiger partial charge in [0.1, 0.15) is 0 Å². The van der Waals surface area contributed by atoms with Crippen molar-refractivity contribution >= 4 is 11.7 Å². The second-order valence-electron chi connectivity index (χ2n) is 3.47. The molecule has 1 unspecified atom stereocenters. The average molecular weight is 171 g/mol. The summed E-state index contributed by atoms with van der Waals surface area (Å²) in [5.41, 5.74) is 5.60. The van der Waals surface area contributed by atoms with Crippen LogP contribution in [0.2, 0.25) is 0 Å². The first kappa shape index (κ1) is 8.99. The lowest BCUT2D eigenvalue weighted by Gasteiger charge is -2.32. The summed E-state index contributed by atoms with van der Waals surface area (Å²) < 4.78 is 0.605. The number of oxime groups is 1. The van der Waals surface area contributed by atoms with Gasteiger partial charge >= 0.3 is 0 Å². The van der Waals surface area contributed by atoms with Crippen molar-refractivity contribution in [2.45, 2.75) is 13.0 Å². The van der Waals surface area contributed by atoms with E-state index in [9.17, 15) is 0 Å². The molecule has 3 N–H and O–H groups in total. The fourth-order valence-corrected chi connectivity index (χ4v) is 1.19. The Kier molecular flexibility index (Phi) is 2.06. The van der Waals surface area contributed by atoms with Crippen LogP contribution in [0.15, 0.2) is 5.16 Å². The van der Waals surface area contributed by atoms with E-state index in [0.29, 0.717) is 10.3 Å². The van der Waals surface area contributed by atoms with Crippen LogP contribution in [0, 0.1) is 5.41 Å². The summed E-state index contributed by atoms with van der Waals surface area (Å²) in [4.78, 5) is 4.70. The summed E-state index contributed by atoms with van der Waals surface area (Å²) in [6.45, 7) is 2.92. The van der Waals surface area contributed by atoms with Crippen molar-refractivity contribution in [3.63, 3.8) is 0 Å². The van der Waals surface area contributed by atoms with E-state index in [1.165, 1.54) is 0 Å². The van der Waals surface area contributed by atoms with Crippen LogP contribution in [0.5, 0.6) is 0 Å². The normalized spacial score (nSPS) is 23.8. The van der Waals surface area contributed by atoms with Crippen molar-refractivity contribution in [1.29, 1.82) is 5.41 Å². The van der Waals surface area contributed by atoms with E-state index in [-0.39, 0.29) is 11.9 Å². The number of hydrogen-bond donors (Lipinski definition) is 2. The number of nitrogens with two attached hydrogens (primary N) is 1. The molecule has 0 aromatic heterocycles. The standard InChI is InChI=1S/C7H15N4O/c1-4-11(2,3)5-6(8)10-12-7(5)9/h5,9H,4H2,1-3H3,(H2,8,10)/q+1. The van der Waals surface area contributed by atoms with E-state index in [2.05, 4.69) is 5.16 Å². The van der Waals surface area contributed by atoms with Crippen LogP contribution in [0.1, 0.15) is 6.92 Å². The predicted molar refractivity (Wildman–Crippen MR) is 46.9 cm³/mol. The lowest BCUT2D eigenvalue weighted by molar-refractivity contribution is -0.893. The largest absolute Gasteiger partial charge is 0.379 e. The van der Waals surface area contributed by atoms with Gasteiger partial charge in [0.25, 0.3) is 5.90 Å². The lowest BCUT2D eigenvalue weighted by Crippen LogP contribution is -2.56. The van der Waals surface area contributed by atoms with Gasteiger partial charge in [0, 0.05) is 0 Å². The number of nitrogens with one attached hydrogen (secondary N) is 1. The van der Waals surface area contributed by atoms with Crippen LogP contribution in [0.25, 0.3) is 0 Å². The SMILES string of the molecule is CC[N+](C)(C)C1C(=N)ON=C1N. The number of nitrogens with zero attached hydrogens (tertiary/aromatic N) is 2. The number of quaternary nitrogens is 1. The minimum absolute atomic E-state index is 0.138. The van der Waals surface area contributed by atoms with Crippen molar-refractivity contribution in [1.82, 2.24) is 0 Å². The second-order valence-corrected chi connectivity index (χ2v) is 3.47. The zero-order chi connectivity index (χ0) is 9.35. The fraction of sp³-hybridized carbons (Fsp3) is 0.714. The number of likely N-dealkylation sites (N-methyl/N-ethyl adjacent to an activating group) is 1. The van der Waals surface area contributed by atoms with Gasteiger partial charge < -0.3 is 15.1 Å². The number of hydrogen-bond acceptors (Lipinski definition) is 4. The highest BCUT2D eigenvalue weighted by Crippen LogP contribution is 2.13. The highest BCUT2D eigenvalue weighted by Gasteiger charge is 2.40. The average Bonchev–Trinajstić information content (AvgIpc) is 2.31. The van der Waals surface area contributed by atoms with Crippen LogP contribution in [-0.4, -0.2) is 42.9 Å². The third-order valence-electron chi connectivity index (χ3n) is 2.29. The lowest BCUT2D eigenvalue weighted by atomic mass is 10.2. The van der Waals surface area contributed by atoms with Crippen molar-refractivity contribution in [3.05, 3.63) is 0 Å². The predicted octanol–water partition coefficient (Wildman–Crippen LogP) is -0.269. The molecule has 0 saturated heterocycles. The molecule has 1 rings (SSSR count). The first-order valence-electron chi connectivity index (χ1n) is 3.90. The summed E-state index contributed by atoms with van der Waals surface area (Å²) in [6, 6.07) is -0.213. The molecule has 1 aliphatic rings. The Hall–Kier alpha value is -1.10. The van der Waals surface area contributed by atoms with Crippen LogP contribution in [0.4, 0.5) is 0 Å². The topological polar surface area (TPSA) is 71.5 Å². The molecule has 1 aliphatic heterocycles. The van der Waals surface area contributed by atoms with Crippen molar-refractivity contribution in [3.8, 4) is 0 Å². The van der Waals surface area contributed by atoms with Crippen LogP contribution >= 0.6 is 0 Å². The van der Waals surface area contributed by atoms with Gasteiger partial charge in [-0.3, -0.25) is 5.41 Å². The van der Waals surface area contributed by atoms with Gasteiger partial charge in [0.2, 0.25) is 11.9 Å². The first-order valence-corrected chi connectivity index (χ1v) is 3.90. The summed E-state index contributed by atoms with van der Waals surface area (Å²) >= 11 is 0. The van der Waals surface area contributed by atoms with E-state index < -0.39 is 0 Å². The quantitative estimate of drug-likeness (QED) is 0.561. The van der Waals surface area contributed by atoms with Gasteiger partial charge in [-0.1, -0.05) is 5.16 Å². The van der Waals surface area contributed by atoms with Gasteiger partial charge in [-0.25, -0.2) is 0 Å². The maximum absolute atomic E-state index is 7.46. The minimum Gasteiger partial charge on any atom is -0.379 e. The Balaban J connectivity index is 2.87. The van der Waals surface area contributed by atoms with Crippen molar-refractivity contribution in [2.24, 2.45) is 10.9 Å². The smallest absolute Gasteiger partial charge is 0.284 e. The molecule has 0 aromatic rings. The Morgan fingerprint density at radius 1 is 1.67 bits per heavy atom. The van der Waals surface area contributed by atoms with E-state index in [1.807, 2.05) is 21.0 Å². The van der Waals surface area contributed by atoms with Gasteiger partial charge in [0.05, 0.1) is 20.6 Å². The molecule has 0 spiro atoms. The maximum atomic E-state index is 7.46. The molecule has 0 radical (unpaired) electrons. The number of amidine groups is 1. The highest BCUT2D eigenvalue weighted by atomic mass is 16.6. The molecule has 68 valence electrons. The molecule has 0 aliphatic carbocycles. The fourth-order valence-electron chi connectivity index (χ4n) is 1.19. The van der Waals surface area contributed by atoms with E-state index in [0.717, 1.165) is 6.54 Å². The first-order chi connectivity index (χ1) is 5.49. The molecule has 0 bridgehead atoms. The van der Waals surface area contributed by atoms with Crippen LogP contribution < -0.4 is 5.73 Å². The molecule has 0 fully saturated rings. The van der Waals surface area contributed by atoms with Crippen LogP contribution in [0.3, 0.4) is 0 Å². The summed E-state index contributed by atoms with van der Waals surface area (Å²) in [6.07, 6.45) is 0. The molecule has 5 nitrogen and oxygen atoms in total. The summed E-state index contributed by atoms with van der Waals surface area (Å²) in [5.74, 6) is 0.534. The monoisotopic (exact) mass is 171 g/mol.